The van der Waals surface area contributed by atoms with Gasteiger partial charge in [-0.3, -0.25) is 0 Å². The molecule has 76 valence electrons. The summed E-state index contributed by atoms with van der Waals surface area (Å²) in [5.74, 6) is 0. The molecule has 0 saturated carbocycles. The topological polar surface area (TPSA) is 17.5 Å². The molecule has 0 radical (unpaired) electrons. The van der Waals surface area contributed by atoms with E-state index in [1.54, 1.807) is 6.07 Å². The Balaban J connectivity index is 2.61. The molecule has 3 aromatic rings. The summed E-state index contributed by atoms with van der Waals surface area (Å²) in [7, 11) is 0. The molecule has 0 aliphatic carbocycles. The fourth-order valence-electron chi connectivity index (χ4n) is 1.86. The van der Waals surface area contributed by atoms with Crippen molar-refractivity contribution in [3.05, 3.63) is 52.3 Å². The monoisotopic (exact) mass is 271 g/mol. The number of hydrogen-bond donors (Lipinski definition) is 0. The van der Waals surface area contributed by atoms with E-state index in [1.165, 1.54) is 0 Å². The zero-order valence-electron chi connectivity index (χ0n) is 8.20. The molecule has 0 aliphatic heterocycles. The number of halogens is 1. The molecule has 0 unspecified atom stereocenters. The predicted octanol–water partition coefficient (Wildman–Crippen LogP) is 4.90. The number of para-hydroxylation sites is 2. The van der Waals surface area contributed by atoms with Crippen LogP contribution >= 0.6 is 15.9 Å². The smallest absolute Gasteiger partial charge is 0.229 e. The maximum atomic E-state index is 7.11. The number of rotatable bonds is 0. The number of hydrogen-bond acceptors (Lipinski definition) is 1. The van der Waals surface area contributed by atoms with E-state index in [0.717, 1.165) is 20.8 Å². The van der Waals surface area contributed by atoms with E-state index in [1.807, 2.05) is 30.3 Å². The van der Waals surface area contributed by atoms with Crippen molar-refractivity contribution in [3.8, 4) is 0 Å². The number of benzene rings is 2. The van der Waals surface area contributed by atoms with Gasteiger partial charge < -0.3 is 4.42 Å². The highest BCUT2D eigenvalue weighted by Gasteiger charge is 2.11. The van der Waals surface area contributed by atoms with Crippen LogP contribution in [0.5, 0.6) is 0 Å². The standard InChI is InChI=1S/C13H6BrNO/c1-15-11-7-3-5-9-8-4-2-6-10(14)12(8)16-13(9)11/h2-7H. The normalized spacial score (nSPS) is 10.8. The molecule has 0 bridgehead atoms. The number of furan rings is 1. The summed E-state index contributed by atoms with van der Waals surface area (Å²) in [5, 5.41) is 2.03. The van der Waals surface area contributed by atoms with Gasteiger partial charge in [-0.15, -0.1) is 0 Å². The van der Waals surface area contributed by atoms with Crippen molar-refractivity contribution < 1.29 is 4.42 Å². The highest BCUT2D eigenvalue weighted by Crippen LogP contribution is 2.37. The Morgan fingerprint density at radius 2 is 1.69 bits per heavy atom. The average molecular weight is 272 g/mol. The van der Waals surface area contributed by atoms with Crippen molar-refractivity contribution in [2.45, 2.75) is 0 Å². The molecular weight excluding hydrogens is 266 g/mol. The Labute approximate surface area is 100 Å². The van der Waals surface area contributed by atoms with Crippen molar-refractivity contribution in [3.63, 3.8) is 0 Å². The third-order valence-electron chi connectivity index (χ3n) is 2.58. The van der Waals surface area contributed by atoms with E-state index >= 15 is 0 Å². The summed E-state index contributed by atoms with van der Waals surface area (Å²) in [6.07, 6.45) is 0. The summed E-state index contributed by atoms with van der Waals surface area (Å²) in [6, 6.07) is 11.5. The lowest BCUT2D eigenvalue weighted by Crippen LogP contribution is -1.66. The molecule has 0 saturated heterocycles. The minimum absolute atomic E-state index is 0.556. The minimum atomic E-state index is 0.556. The number of fused-ring (bicyclic) bond motifs is 3. The van der Waals surface area contributed by atoms with Gasteiger partial charge in [0.05, 0.1) is 11.0 Å². The SMILES string of the molecule is [C-]#[N+]c1cccc2c1oc1c(Br)cccc12. The highest BCUT2D eigenvalue weighted by molar-refractivity contribution is 9.10. The maximum Gasteiger partial charge on any atom is 0.229 e. The summed E-state index contributed by atoms with van der Waals surface area (Å²) in [6.45, 7) is 7.11. The van der Waals surface area contributed by atoms with Crippen LogP contribution < -0.4 is 0 Å². The van der Waals surface area contributed by atoms with Crippen LogP contribution in [0.2, 0.25) is 0 Å². The van der Waals surface area contributed by atoms with E-state index < -0.39 is 0 Å². The van der Waals surface area contributed by atoms with Crippen LogP contribution in [0.1, 0.15) is 0 Å². The van der Waals surface area contributed by atoms with Crippen LogP contribution in [0.4, 0.5) is 5.69 Å². The molecule has 1 heterocycles. The van der Waals surface area contributed by atoms with Crippen LogP contribution in [0.25, 0.3) is 26.8 Å². The second-order valence-electron chi connectivity index (χ2n) is 3.48. The van der Waals surface area contributed by atoms with Crippen LogP contribution in [0.15, 0.2) is 45.3 Å². The van der Waals surface area contributed by atoms with Crippen LogP contribution in [-0.4, -0.2) is 0 Å². The van der Waals surface area contributed by atoms with E-state index in [0.29, 0.717) is 11.3 Å². The largest absolute Gasteiger partial charge is 0.466 e. The van der Waals surface area contributed by atoms with Gasteiger partial charge in [-0.25, -0.2) is 4.85 Å². The molecule has 2 nitrogen and oxygen atoms in total. The predicted molar refractivity (Wildman–Crippen MR) is 67.7 cm³/mol. The molecular formula is C13H6BrNO. The Hall–Kier alpha value is -1.79. The van der Waals surface area contributed by atoms with Crippen molar-refractivity contribution in [2.24, 2.45) is 0 Å². The van der Waals surface area contributed by atoms with Crippen molar-refractivity contribution >= 4 is 43.6 Å². The Morgan fingerprint density at radius 3 is 2.44 bits per heavy atom. The zero-order valence-corrected chi connectivity index (χ0v) is 9.78. The van der Waals surface area contributed by atoms with Gasteiger partial charge in [0.15, 0.2) is 0 Å². The molecule has 0 spiro atoms. The van der Waals surface area contributed by atoms with E-state index in [-0.39, 0.29) is 0 Å². The third-order valence-corrected chi connectivity index (χ3v) is 3.20. The molecule has 0 aliphatic rings. The second-order valence-corrected chi connectivity index (χ2v) is 4.34. The Kier molecular flexibility index (Phi) is 1.98. The summed E-state index contributed by atoms with van der Waals surface area (Å²) >= 11 is 3.45. The van der Waals surface area contributed by atoms with Gasteiger partial charge in [0.25, 0.3) is 0 Å². The molecule has 0 amide bonds. The van der Waals surface area contributed by atoms with Gasteiger partial charge in [0.1, 0.15) is 11.2 Å². The summed E-state index contributed by atoms with van der Waals surface area (Å²) in [5.41, 5.74) is 2.02. The fraction of sp³-hybridized carbons (Fsp3) is 0. The van der Waals surface area contributed by atoms with Gasteiger partial charge in [-0.2, -0.15) is 0 Å². The molecule has 3 heteroatoms. The molecule has 0 fully saturated rings. The lowest BCUT2D eigenvalue weighted by molar-refractivity contribution is 0.668. The summed E-state index contributed by atoms with van der Waals surface area (Å²) in [4.78, 5) is 3.46. The first kappa shape index (κ1) is 9.44. The molecule has 0 atom stereocenters. The third kappa shape index (κ3) is 1.17. The first-order chi connectivity index (χ1) is 7.81. The molecule has 16 heavy (non-hydrogen) atoms. The van der Waals surface area contributed by atoms with Crippen LogP contribution in [0, 0.1) is 6.57 Å². The van der Waals surface area contributed by atoms with Crippen molar-refractivity contribution in [1.82, 2.24) is 0 Å². The first-order valence-corrected chi connectivity index (χ1v) is 5.58. The average Bonchev–Trinajstić information content (AvgIpc) is 2.69. The van der Waals surface area contributed by atoms with E-state index in [9.17, 15) is 0 Å². The van der Waals surface area contributed by atoms with Crippen LogP contribution in [0.3, 0.4) is 0 Å². The minimum Gasteiger partial charge on any atom is -0.466 e. The van der Waals surface area contributed by atoms with Gasteiger partial charge in [-0.1, -0.05) is 30.3 Å². The van der Waals surface area contributed by atoms with Gasteiger partial charge >= 0.3 is 0 Å². The van der Waals surface area contributed by atoms with E-state index in [4.69, 9.17) is 11.0 Å². The second kappa shape index (κ2) is 3.36. The number of nitrogens with zero attached hydrogens (tertiary/aromatic N) is 1. The quantitative estimate of drug-likeness (QED) is 0.532. The Morgan fingerprint density at radius 1 is 1.00 bits per heavy atom. The van der Waals surface area contributed by atoms with Gasteiger partial charge in [0.2, 0.25) is 5.69 Å². The van der Waals surface area contributed by atoms with Crippen molar-refractivity contribution in [2.75, 3.05) is 0 Å². The molecule has 1 aromatic heterocycles. The van der Waals surface area contributed by atoms with Crippen LogP contribution in [-0.2, 0) is 0 Å². The van der Waals surface area contributed by atoms with Gasteiger partial charge in [-0.05, 0) is 22.0 Å². The summed E-state index contributed by atoms with van der Waals surface area (Å²) < 4.78 is 6.66. The van der Waals surface area contributed by atoms with E-state index in [2.05, 4.69) is 20.8 Å². The van der Waals surface area contributed by atoms with Crippen molar-refractivity contribution in [1.29, 1.82) is 0 Å². The highest BCUT2D eigenvalue weighted by atomic mass is 79.9. The molecule has 3 rings (SSSR count). The lowest BCUT2D eigenvalue weighted by Gasteiger charge is -1.90. The lowest BCUT2D eigenvalue weighted by atomic mass is 10.1. The molecule has 0 N–H and O–H groups in total. The zero-order chi connectivity index (χ0) is 11.1. The maximum absolute atomic E-state index is 7.11. The Bertz CT molecular complexity index is 737. The first-order valence-electron chi connectivity index (χ1n) is 4.78. The fourth-order valence-corrected chi connectivity index (χ4v) is 2.31. The molecule has 2 aromatic carbocycles. The van der Waals surface area contributed by atoms with Gasteiger partial charge in [0, 0.05) is 10.8 Å².